The summed E-state index contributed by atoms with van der Waals surface area (Å²) in [7, 11) is 5.14. The van der Waals surface area contributed by atoms with Crippen molar-refractivity contribution in [3.63, 3.8) is 0 Å². The number of carbonyl (C=O) groups excluding carboxylic acids is 1. The monoisotopic (exact) mass is 646 g/mol. The van der Waals surface area contributed by atoms with E-state index < -0.39 is 0 Å². The zero-order chi connectivity index (χ0) is 32.4. The Balaban J connectivity index is 1.82. The smallest absolute Gasteiger partial charge is 0.305 e. The highest BCUT2D eigenvalue weighted by Crippen LogP contribution is 2.42. The minimum absolute atomic E-state index is 0.0701. The molecule has 0 saturated carbocycles. The summed E-state index contributed by atoms with van der Waals surface area (Å²) in [5.41, 5.74) is 15.3. The molecule has 2 N–H and O–H groups in total. The van der Waals surface area contributed by atoms with E-state index in [1.54, 1.807) is 0 Å². The predicted molar refractivity (Wildman–Crippen MR) is 192 cm³/mol. The van der Waals surface area contributed by atoms with Crippen LogP contribution in [0.1, 0.15) is 115 Å². The highest BCUT2D eigenvalue weighted by atomic mass is 32.0. The van der Waals surface area contributed by atoms with E-state index >= 15 is 0 Å². The van der Waals surface area contributed by atoms with Gasteiger partial charge in [-0.2, -0.15) is 0 Å². The van der Waals surface area contributed by atoms with Crippen LogP contribution in [0.4, 0.5) is 0 Å². The molecule has 9 heteroatoms. The number of hydrogen-bond donors (Lipinski definition) is 2. The van der Waals surface area contributed by atoms with Gasteiger partial charge in [-0.1, -0.05) is 13.8 Å². The summed E-state index contributed by atoms with van der Waals surface area (Å²) < 4.78 is 11.4. The van der Waals surface area contributed by atoms with E-state index in [9.17, 15) is 4.79 Å². The number of nitrogens with zero attached hydrogens (tertiary/aromatic N) is 2. The molecule has 3 aromatic rings. The van der Waals surface area contributed by atoms with Crippen molar-refractivity contribution in [2.45, 2.75) is 92.1 Å². The lowest BCUT2D eigenvalue weighted by molar-refractivity contribution is -0.140. The Kier molecular flexibility index (Phi) is 10.6. The van der Waals surface area contributed by atoms with E-state index in [0.717, 1.165) is 89.9 Å². The molecule has 3 unspecified atom stereocenters. The van der Waals surface area contributed by atoms with Crippen LogP contribution in [0.5, 0.6) is 0 Å². The van der Waals surface area contributed by atoms with Crippen LogP contribution >= 0.6 is 17.2 Å². The molecule has 8 bridgehead atoms. The van der Waals surface area contributed by atoms with Gasteiger partial charge in [-0.3, -0.25) is 9.78 Å². The van der Waals surface area contributed by atoms with Gasteiger partial charge in [0, 0.05) is 63.9 Å². The summed E-state index contributed by atoms with van der Waals surface area (Å²) in [6.07, 6.45) is 6.23. The van der Waals surface area contributed by atoms with Crippen molar-refractivity contribution in [2.75, 3.05) is 19.9 Å². The minimum atomic E-state index is -0.196. The Bertz CT molecular complexity index is 1790. The van der Waals surface area contributed by atoms with Crippen LogP contribution in [0, 0.1) is 20.8 Å². The van der Waals surface area contributed by atoms with Gasteiger partial charge in [0.2, 0.25) is 0 Å². The number of carbonyl (C=O) groups is 1. The maximum absolute atomic E-state index is 12.2. The van der Waals surface area contributed by atoms with Gasteiger partial charge < -0.3 is 19.4 Å². The van der Waals surface area contributed by atoms with Crippen LogP contribution in [-0.4, -0.2) is 45.8 Å². The molecule has 0 radical (unpaired) electrons. The molecular formula is C36H48N4O3P2. The predicted octanol–water partition coefficient (Wildman–Crippen LogP) is 9.14. The first-order valence-corrected chi connectivity index (χ1v) is 19.1. The third-order valence-corrected chi connectivity index (χ3v) is 11.1. The van der Waals surface area contributed by atoms with Crippen LogP contribution in [-0.2, 0) is 20.7 Å². The van der Waals surface area contributed by atoms with Crippen LogP contribution in [0.15, 0.2) is 18.2 Å². The second kappa shape index (κ2) is 14.3. The Labute approximate surface area is 271 Å². The summed E-state index contributed by atoms with van der Waals surface area (Å²) in [5, 5.41) is 0. The topological polar surface area (TPSA) is 92.9 Å². The van der Waals surface area contributed by atoms with Gasteiger partial charge in [0.05, 0.1) is 24.6 Å². The molecule has 2 aliphatic heterocycles. The lowest BCUT2D eigenvalue weighted by Crippen LogP contribution is -2.08. The normalized spacial score (nSPS) is 17.2. The first-order valence-electron chi connectivity index (χ1n) is 16.1. The number of fused-ring (bicyclic) bond motifs is 8. The molecule has 2 aliphatic rings. The molecule has 0 spiro atoms. The van der Waals surface area contributed by atoms with Crippen LogP contribution < -0.4 is 0 Å². The summed E-state index contributed by atoms with van der Waals surface area (Å²) in [6, 6.07) is 6.63. The molecule has 0 amide bonds. The first kappa shape index (κ1) is 33.5. The summed E-state index contributed by atoms with van der Waals surface area (Å²) in [5.74, 6) is 0.00614. The quantitative estimate of drug-likeness (QED) is 0.130. The highest BCUT2D eigenvalue weighted by molar-refractivity contribution is 8.02. The number of aromatic nitrogens is 4. The van der Waals surface area contributed by atoms with Gasteiger partial charge in [0.1, 0.15) is 0 Å². The number of ether oxygens (including phenoxy) is 2. The third kappa shape index (κ3) is 6.82. The summed E-state index contributed by atoms with van der Waals surface area (Å²) >= 11 is 0. The van der Waals surface area contributed by atoms with Crippen molar-refractivity contribution >= 4 is 56.9 Å². The average molecular weight is 647 g/mol. The van der Waals surface area contributed by atoms with Crippen molar-refractivity contribution in [2.24, 2.45) is 0 Å². The highest BCUT2D eigenvalue weighted by Gasteiger charge is 2.31. The van der Waals surface area contributed by atoms with E-state index in [0.29, 0.717) is 12.8 Å². The van der Waals surface area contributed by atoms with E-state index in [4.69, 9.17) is 19.4 Å². The van der Waals surface area contributed by atoms with Crippen molar-refractivity contribution in [3.05, 3.63) is 68.8 Å². The van der Waals surface area contributed by atoms with E-state index in [2.05, 4.69) is 91.6 Å². The van der Waals surface area contributed by atoms with Crippen molar-refractivity contribution in [1.29, 1.82) is 0 Å². The fraction of sp³-hybridized carbons (Fsp3) is 0.472. The van der Waals surface area contributed by atoms with E-state index in [1.165, 1.54) is 29.4 Å². The Morgan fingerprint density at radius 3 is 2.47 bits per heavy atom. The zero-order valence-electron chi connectivity index (χ0n) is 28.0. The lowest BCUT2D eigenvalue weighted by Gasteiger charge is -2.16. The molecule has 7 nitrogen and oxygen atoms in total. The van der Waals surface area contributed by atoms with Crippen LogP contribution in [0.2, 0.25) is 0 Å². The molecule has 45 heavy (non-hydrogen) atoms. The first-order chi connectivity index (χ1) is 21.6. The third-order valence-electron chi connectivity index (χ3n) is 9.60. The lowest BCUT2D eigenvalue weighted by atomic mass is 9.86. The van der Waals surface area contributed by atoms with Gasteiger partial charge in [0.15, 0.2) is 0 Å². The molecule has 0 saturated heterocycles. The van der Waals surface area contributed by atoms with Crippen LogP contribution in [0.25, 0.3) is 33.7 Å². The number of aromatic amines is 2. The molecular weight excluding hydrogens is 598 g/mol. The fourth-order valence-corrected chi connectivity index (χ4v) is 7.80. The van der Waals surface area contributed by atoms with Gasteiger partial charge >= 0.3 is 5.97 Å². The number of H-pyrrole nitrogens is 2. The molecule has 0 fully saturated rings. The van der Waals surface area contributed by atoms with E-state index in [1.807, 2.05) is 0 Å². The van der Waals surface area contributed by atoms with Gasteiger partial charge in [-0.05, 0) is 112 Å². The van der Waals surface area contributed by atoms with Gasteiger partial charge in [-0.15, -0.1) is 17.2 Å². The molecule has 240 valence electrons. The number of rotatable bonds is 10. The Hall–Kier alpha value is -2.85. The summed E-state index contributed by atoms with van der Waals surface area (Å²) in [4.78, 5) is 30.1. The molecule has 5 rings (SSSR count). The second-order valence-corrected chi connectivity index (χ2v) is 14.6. The van der Waals surface area contributed by atoms with Crippen molar-refractivity contribution < 1.29 is 14.3 Å². The Morgan fingerprint density at radius 2 is 1.76 bits per heavy atom. The number of aryl methyl sites for hydroxylation is 3. The largest absolute Gasteiger partial charge is 0.469 e. The number of allylic oxidation sites excluding steroid dienone is 1. The SMILES string of the molecule is CCc1c(C)c2cc3[nH]c(cc4nc(c(C)c5nc(cc1[nH]2)C(C)=C5)[C@@H](CCC(=O)OC)[C@@H]4C)c(C)c3C(C)OCCCPP. The zero-order valence-corrected chi connectivity index (χ0v) is 30.1. The van der Waals surface area contributed by atoms with Gasteiger partial charge in [-0.25, -0.2) is 4.98 Å². The van der Waals surface area contributed by atoms with Crippen molar-refractivity contribution in [1.82, 2.24) is 19.9 Å². The second-order valence-electron chi connectivity index (χ2n) is 12.4. The Morgan fingerprint density at radius 1 is 1.02 bits per heavy atom. The summed E-state index contributed by atoms with van der Waals surface area (Å²) in [6.45, 7) is 15.9. The minimum Gasteiger partial charge on any atom is -0.469 e. The number of methoxy groups -OCH3 is 1. The maximum Gasteiger partial charge on any atom is 0.305 e. The molecule has 5 heterocycles. The standard InChI is InChI=1S/C36H48N4O3P2/c1-9-25-20(3)29-18-33-35(24(7)43-13-10-14-45-44)22(5)31(39-33)17-30-21(4)26(11-12-34(41)42-8)36(40-30)23(6)28-15-19(2)27(37-28)16-32(25)38-29/h15-18,21,24,26,38-39,45H,9-14,44H2,1-8H3/t21-,24?,26-/m0/s1. The van der Waals surface area contributed by atoms with Crippen LogP contribution in [0.3, 0.4) is 0 Å². The molecule has 0 aromatic carbocycles. The number of nitrogens with one attached hydrogen (secondary N) is 2. The van der Waals surface area contributed by atoms with Crippen molar-refractivity contribution in [3.8, 4) is 0 Å². The molecule has 3 aromatic heterocycles. The number of esters is 1. The van der Waals surface area contributed by atoms with E-state index in [-0.39, 0.29) is 23.9 Å². The molecule has 5 atom stereocenters. The maximum atomic E-state index is 12.2. The van der Waals surface area contributed by atoms with Gasteiger partial charge in [0.25, 0.3) is 0 Å². The fourth-order valence-electron chi connectivity index (χ4n) is 6.84. The average Bonchev–Trinajstić information content (AvgIpc) is 3.72. The molecule has 0 aliphatic carbocycles. The number of hydrogen-bond acceptors (Lipinski definition) is 5.